The molecule has 1 unspecified atom stereocenters. The Morgan fingerprint density at radius 3 is 2.29 bits per heavy atom. The molecule has 92 valence electrons. The smallest absolute Gasteiger partial charge is 0.243 e. The standard InChI is InChI=1S/C14H18ClNO/c15-14(13(16)17,11-7-3-1-4-8-11)12-9-5-2-6-10-12/h1,3-4,7-8,12H,2,5-6,9-10H2,(H2,16,17). The molecule has 1 saturated carbocycles. The van der Waals surface area contributed by atoms with Gasteiger partial charge in [-0.1, -0.05) is 49.6 Å². The molecule has 0 aliphatic heterocycles. The van der Waals surface area contributed by atoms with Crippen LogP contribution in [-0.4, -0.2) is 5.91 Å². The fourth-order valence-electron chi connectivity index (χ4n) is 2.76. The Morgan fingerprint density at radius 1 is 1.18 bits per heavy atom. The second-order valence-electron chi connectivity index (χ2n) is 4.78. The first-order chi connectivity index (χ1) is 8.15. The highest BCUT2D eigenvalue weighted by Gasteiger charge is 2.44. The van der Waals surface area contributed by atoms with Crippen LogP contribution in [0.1, 0.15) is 37.7 Å². The van der Waals surface area contributed by atoms with E-state index in [1.807, 2.05) is 30.3 Å². The summed E-state index contributed by atoms with van der Waals surface area (Å²) in [5.74, 6) is -0.255. The summed E-state index contributed by atoms with van der Waals surface area (Å²) in [6, 6.07) is 9.51. The van der Waals surface area contributed by atoms with Crippen molar-refractivity contribution < 1.29 is 4.79 Å². The van der Waals surface area contributed by atoms with Gasteiger partial charge in [0.05, 0.1) is 0 Å². The molecule has 2 nitrogen and oxygen atoms in total. The number of alkyl halides is 1. The molecule has 1 aliphatic carbocycles. The molecule has 17 heavy (non-hydrogen) atoms. The summed E-state index contributed by atoms with van der Waals surface area (Å²) in [6.07, 6.45) is 5.48. The van der Waals surface area contributed by atoms with Gasteiger partial charge in [-0.2, -0.15) is 0 Å². The lowest BCUT2D eigenvalue weighted by Gasteiger charge is -2.35. The van der Waals surface area contributed by atoms with Gasteiger partial charge in [-0.05, 0) is 24.3 Å². The van der Waals surface area contributed by atoms with E-state index in [-0.39, 0.29) is 5.92 Å². The average molecular weight is 252 g/mol. The van der Waals surface area contributed by atoms with E-state index in [2.05, 4.69) is 0 Å². The van der Waals surface area contributed by atoms with Crippen molar-refractivity contribution in [2.75, 3.05) is 0 Å². The van der Waals surface area contributed by atoms with Gasteiger partial charge in [0.15, 0.2) is 4.87 Å². The summed E-state index contributed by atoms with van der Waals surface area (Å²) in [6.45, 7) is 0. The van der Waals surface area contributed by atoms with Crippen molar-refractivity contribution in [1.82, 2.24) is 0 Å². The summed E-state index contributed by atoms with van der Waals surface area (Å²) in [5, 5.41) is 0. The fourth-order valence-corrected chi connectivity index (χ4v) is 3.10. The van der Waals surface area contributed by atoms with Crippen molar-refractivity contribution >= 4 is 17.5 Å². The van der Waals surface area contributed by atoms with Gasteiger partial charge >= 0.3 is 0 Å². The maximum absolute atomic E-state index is 11.8. The van der Waals surface area contributed by atoms with Crippen molar-refractivity contribution in [3.63, 3.8) is 0 Å². The Kier molecular flexibility index (Phi) is 3.72. The minimum absolute atomic E-state index is 0.165. The van der Waals surface area contributed by atoms with E-state index in [4.69, 9.17) is 17.3 Å². The summed E-state index contributed by atoms with van der Waals surface area (Å²) in [7, 11) is 0. The van der Waals surface area contributed by atoms with E-state index in [1.54, 1.807) is 0 Å². The number of carbonyl (C=O) groups excluding carboxylic acids is 1. The minimum atomic E-state index is -1.03. The van der Waals surface area contributed by atoms with E-state index in [9.17, 15) is 4.79 Å². The predicted molar refractivity (Wildman–Crippen MR) is 69.7 cm³/mol. The Labute approximate surface area is 107 Å². The van der Waals surface area contributed by atoms with Gasteiger partial charge in [-0.3, -0.25) is 4.79 Å². The first kappa shape index (κ1) is 12.4. The molecule has 0 spiro atoms. The summed E-state index contributed by atoms with van der Waals surface area (Å²) >= 11 is 6.60. The van der Waals surface area contributed by atoms with Crippen LogP contribution in [0.2, 0.25) is 0 Å². The van der Waals surface area contributed by atoms with E-state index in [0.29, 0.717) is 0 Å². The van der Waals surface area contributed by atoms with E-state index >= 15 is 0 Å². The third kappa shape index (κ3) is 2.32. The summed E-state index contributed by atoms with van der Waals surface area (Å²) in [4.78, 5) is 10.8. The normalized spacial score (nSPS) is 20.8. The molecule has 1 aliphatic rings. The Morgan fingerprint density at radius 2 is 1.76 bits per heavy atom. The molecule has 2 N–H and O–H groups in total. The van der Waals surface area contributed by atoms with Crippen LogP contribution in [0, 0.1) is 5.92 Å². The lowest BCUT2D eigenvalue weighted by Crippen LogP contribution is -2.43. The van der Waals surface area contributed by atoms with E-state index < -0.39 is 10.8 Å². The molecule has 1 fully saturated rings. The number of primary amides is 1. The van der Waals surface area contributed by atoms with E-state index in [0.717, 1.165) is 31.2 Å². The zero-order valence-electron chi connectivity index (χ0n) is 9.86. The zero-order chi connectivity index (χ0) is 12.3. The van der Waals surface area contributed by atoms with Crippen LogP contribution in [0.5, 0.6) is 0 Å². The highest BCUT2D eigenvalue weighted by Crippen LogP contribution is 2.44. The maximum Gasteiger partial charge on any atom is 0.243 e. The molecule has 0 radical (unpaired) electrons. The molecule has 1 atom stereocenters. The van der Waals surface area contributed by atoms with Crippen LogP contribution in [-0.2, 0) is 9.67 Å². The van der Waals surface area contributed by atoms with Crippen LogP contribution >= 0.6 is 11.6 Å². The number of amides is 1. The van der Waals surface area contributed by atoms with E-state index in [1.165, 1.54) is 6.42 Å². The fraction of sp³-hybridized carbons (Fsp3) is 0.500. The van der Waals surface area contributed by atoms with Crippen molar-refractivity contribution in [3.8, 4) is 0 Å². The zero-order valence-corrected chi connectivity index (χ0v) is 10.6. The van der Waals surface area contributed by atoms with Crippen molar-refractivity contribution in [1.29, 1.82) is 0 Å². The molecule has 0 saturated heterocycles. The number of benzene rings is 1. The third-order valence-electron chi connectivity index (χ3n) is 3.72. The number of halogens is 1. The Hall–Kier alpha value is -1.02. The van der Waals surface area contributed by atoms with Gasteiger partial charge in [0, 0.05) is 0 Å². The Bertz CT molecular complexity index is 386. The molecule has 1 amide bonds. The van der Waals surface area contributed by atoms with Crippen molar-refractivity contribution in [3.05, 3.63) is 35.9 Å². The topological polar surface area (TPSA) is 43.1 Å². The van der Waals surface area contributed by atoms with Crippen LogP contribution in [0.15, 0.2) is 30.3 Å². The lowest BCUT2D eigenvalue weighted by molar-refractivity contribution is -0.122. The van der Waals surface area contributed by atoms with Gasteiger partial charge in [-0.15, -0.1) is 11.6 Å². The van der Waals surface area contributed by atoms with Crippen LogP contribution < -0.4 is 5.73 Å². The molecule has 1 aromatic rings. The number of rotatable bonds is 3. The van der Waals surface area contributed by atoms with Crippen molar-refractivity contribution in [2.24, 2.45) is 11.7 Å². The third-order valence-corrected chi connectivity index (χ3v) is 4.43. The monoisotopic (exact) mass is 251 g/mol. The largest absolute Gasteiger partial charge is 0.368 e. The highest BCUT2D eigenvalue weighted by atomic mass is 35.5. The van der Waals surface area contributed by atoms with Crippen LogP contribution in [0.25, 0.3) is 0 Å². The maximum atomic E-state index is 11.8. The molecule has 2 rings (SSSR count). The van der Waals surface area contributed by atoms with Gasteiger partial charge in [0.1, 0.15) is 0 Å². The second kappa shape index (κ2) is 5.09. The molecule has 3 heteroatoms. The Balaban J connectivity index is 2.35. The molecular weight excluding hydrogens is 234 g/mol. The molecule has 0 heterocycles. The van der Waals surface area contributed by atoms with Crippen LogP contribution in [0.3, 0.4) is 0 Å². The highest BCUT2D eigenvalue weighted by molar-refractivity contribution is 6.34. The van der Waals surface area contributed by atoms with Crippen LogP contribution in [0.4, 0.5) is 0 Å². The molecule has 0 aromatic heterocycles. The summed E-state index contributed by atoms with van der Waals surface area (Å²) < 4.78 is 0. The number of hydrogen-bond donors (Lipinski definition) is 1. The first-order valence-electron chi connectivity index (χ1n) is 6.20. The molecular formula is C14H18ClNO. The lowest BCUT2D eigenvalue weighted by atomic mass is 9.75. The number of hydrogen-bond acceptors (Lipinski definition) is 1. The SMILES string of the molecule is NC(=O)C(Cl)(c1ccccc1)C1CCCCC1. The number of carbonyl (C=O) groups is 1. The van der Waals surface area contributed by atoms with Gasteiger partial charge in [0.2, 0.25) is 5.91 Å². The summed E-state index contributed by atoms with van der Waals surface area (Å²) in [5.41, 5.74) is 6.40. The first-order valence-corrected chi connectivity index (χ1v) is 6.58. The molecule has 0 bridgehead atoms. The van der Waals surface area contributed by atoms with Gasteiger partial charge in [0.25, 0.3) is 0 Å². The number of nitrogens with two attached hydrogens (primary N) is 1. The second-order valence-corrected chi connectivity index (χ2v) is 5.37. The van der Waals surface area contributed by atoms with Gasteiger partial charge in [-0.25, -0.2) is 0 Å². The predicted octanol–water partition coefficient (Wildman–Crippen LogP) is 3.19. The van der Waals surface area contributed by atoms with Gasteiger partial charge < -0.3 is 5.73 Å². The average Bonchev–Trinajstić information content (AvgIpc) is 2.39. The minimum Gasteiger partial charge on any atom is -0.368 e. The quantitative estimate of drug-likeness (QED) is 0.824. The molecule has 1 aromatic carbocycles. The van der Waals surface area contributed by atoms with Crippen molar-refractivity contribution in [2.45, 2.75) is 37.0 Å².